The number of carboxylic acids is 1. The van der Waals surface area contributed by atoms with Crippen LogP contribution in [0.1, 0.15) is 0 Å². The van der Waals surface area contributed by atoms with Gasteiger partial charge in [0.15, 0.2) is 0 Å². The number of aliphatic carboxylic acids is 1. The SMILES string of the molecule is C=C(Cl)C=CC(=O)O. The largest absolute Gasteiger partial charge is 0.478 e. The van der Waals surface area contributed by atoms with Crippen LogP contribution in [0.4, 0.5) is 0 Å². The molecule has 0 amide bonds. The van der Waals surface area contributed by atoms with E-state index >= 15 is 0 Å². The van der Waals surface area contributed by atoms with Gasteiger partial charge in [-0.05, 0) is 6.08 Å². The molecule has 1 N–H and O–H groups in total. The highest BCUT2D eigenvalue weighted by molar-refractivity contribution is 6.31. The van der Waals surface area contributed by atoms with Crippen LogP contribution in [0.3, 0.4) is 0 Å². The molecule has 0 aliphatic carbocycles. The molecule has 3 heteroatoms. The van der Waals surface area contributed by atoms with E-state index in [-0.39, 0.29) is 5.03 Å². The predicted octanol–water partition coefficient (Wildman–Crippen LogP) is 1.38. The van der Waals surface area contributed by atoms with Gasteiger partial charge in [-0.3, -0.25) is 0 Å². The van der Waals surface area contributed by atoms with Gasteiger partial charge in [-0.25, -0.2) is 4.79 Å². The average molecular weight is 133 g/mol. The molecule has 2 nitrogen and oxygen atoms in total. The lowest BCUT2D eigenvalue weighted by molar-refractivity contribution is -0.131. The monoisotopic (exact) mass is 132 g/mol. The van der Waals surface area contributed by atoms with Crippen molar-refractivity contribution in [2.75, 3.05) is 0 Å². The summed E-state index contributed by atoms with van der Waals surface area (Å²) in [6, 6.07) is 0. The van der Waals surface area contributed by atoms with E-state index in [0.717, 1.165) is 6.08 Å². The molecule has 0 spiro atoms. The molecule has 8 heavy (non-hydrogen) atoms. The van der Waals surface area contributed by atoms with Crippen LogP contribution < -0.4 is 0 Å². The summed E-state index contributed by atoms with van der Waals surface area (Å²) in [5, 5.41) is 8.19. The summed E-state index contributed by atoms with van der Waals surface area (Å²) in [7, 11) is 0. The Labute approximate surface area is 52.1 Å². The van der Waals surface area contributed by atoms with Gasteiger partial charge in [0.05, 0.1) is 0 Å². The standard InChI is InChI=1S/C5H5ClO2/c1-4(6)2-3-5(7)8/h2-3H,1H2,(H,7,8). The van der Waals surface area contributed by atoms with E-state index < -0.39 is 5.97 Å². The lowest BCUT2D eigenvalue weighted by Gasteiger charge is -1.77. The van der Waals surface area contributed by atoms with Gasteiger partial charge in [-0.2, -0.15) is 0 Å². The number of carbonyl (C=O) groups is 1. The van der Waals surface area contributed by atoms with Crippen LogP contribution in [-0.4, -0.2) is 11.1 Å². The van der Waals surface area contributed by atoms with Gasteiger partial charge in [0.2, 0.25) is 0 Å². The number of hydrogen-bond donors (Lipinski definition) is 1. The number of carboxylic acid groups (broad SMARTS) is 1. The van der Waals surface area contributed by atoms with E-state index in [1.807, 2.05) is 0 Å². The summed E-state index contributed by atoms with van der Waals surface area (Å²) in [5.74, 6) is -1.02. The highest BCUT2D eigenvalue weighted by Crippen LogP contribution is 1.96. The first kappa shape index (κ1) is 7.24. The maximum atomic E-state index is 9.72. The van der Waals surface area contributed by atoms with Crippen molar-refractivity contribution in [2.24, 2.45) is 0 Å². The summed E-state index contributed by atoms with van der Waals surface area (Å²) in [6.45, 7) is 3.24. The molecule has 0 unspecified atom stereocenters. The molecule has 0 bridgehead atoms. The summed E-state index contributed by atoms with van der Waals surface area (Å²) >= 11 is 5.18. The van der Waals surface area contributed by atoms with E-state index in [4.69, 9.17) is 16.7 Å². The molecule has 0 aromatic heterocycles. The molecular weight excluding hydrogens is 128 g/mol. The summed E-state index contributed by atoms with van der Waals surface area (Å²) in [5.41, 5.74) is 0. The Morgan fingerprint density at radius 1 is 1.62 bits per heavy atom. The summed E-state index contributed by atoms with van der Waals surface area (Å²) in [6.07, 6.45) is 2.14. The molecule has 0 saturated carbocycles. The fraction of sp³-hybridized carbons (Fsp3) is 0. The molecule has 0 aromatic carbocycles. The minimum atomic E-state index is -1.02. The lowest BCUT2D eigenvalue weighted by Crippen LogP contribution is -1.84. The fourth-order valence-electron chi connectivity index (χ4n) is 0.162. The minimum Gasteiger partial charge on any atom is -0.478 e. The Morgan fingerprint density at radius 3 is 2.25 bits per heavy atom. The third-order valence-electron chi connectivity index (χ3n) is 0.407. The first-order valence-electron chi connectivity index (χ1n) is 1.88. The van der Waals surface area contributed by atoms with Gasteiger partial charge in [-0.15, -0.1) is 0 Å². The summed E-state index contributed by atoms with van der Waals surface area (Å²) < 4.78 is 0. The highest BCUT2D eigenvalue weighted by atomic mass is 35.5. The van der Waals surface area contributed by atoms with Crippen molar-refractivity contribution in [1.82, 2.24) is 0 Å². The van der Waals surface area contributed by atoms with Crippen LogP contribution in [0, 0.1) is 0 Å². The van der Waals surface area contributed by atoms with Crippen LogP contribution in [0.5, 0.6) is 0 Å². The maximum absolute atomic E-state index is 9.72. The van der Waals surface area contributed by atoms with Crippen molar-refractivity contribution in [2.45, 2.75) is 0 Å². The second-order valence-corrected chi connectivity index (χ2v) is 1.60. The number of rotatable bonds is 2. The van der Waals surface area contributed by atoms with Crippen LogP contribution in [0.25, 0.3) is 0 Å². The molecule has 0 fully saturated rings. The molecule has 0 atom stereocenters. The average Bonchev–Trinajstić information content (AvgIpc) is 1.61. The first-order valence-corrected chi connectivity index (χ1v) is 2.26. The van der Waals surface area contributed by atoms with Gasteiger partial charge in [-0.1, -0.05) is 18.2 Å². The van der Waals surface area contributed by atoms with E-state index in [0.29, 0.717) is 0 Å². The van der Waals surface area contributed by atoms with E-state index in [1.165, 1.54) is 6.08 Å². The molecular formula is C5H5ClO2. The Bertz CT molecular complexity index is 121. The van der Waals surface area contributed by atoms with Gasteiger partial charge >= 0.3 is 5.97 Å². The Balaban J connectivity index is 3.67. The van der Waals surface area contributed by atoms with Gasteiger partial charge in [0, 0.05) is 11.1 Å². The lowest BCUT2D eigenvalue weighted by atomic mass is 10.5. The van der Waals surface area contributed by atoms with Gasteiger partial charge in [0.25, 0.3) is 0 Å². The van der Waals surface area contributed by atoms with Crippen molar-refractivity contribution < 1.29 is 9.90 Å². The van der Waals surface area contributed by atoms with Crippen LogP contribution >= 0.6 is 11.6 Å². The number of allylic oxidation sites excluding steroid dienone is 2. The van der Waals surface area contributed by atoms with E-state index in [9.17, 15) is 4.79 Å². The fourth-order valence-corrected chi connectivity index (χ4v) is 0.225. The Morgan fingerprint density at radius 2 is 2.12 bits per heavy atom. The molecule has 0 aliphatic rings. The molecule has 0 saturated heterocycles. The third kappa shape index (κ3) is 5.24. The third-order valence-corrected chi connectivity index (χ3v) is 0.533. The highest BCUT2D eigenvalue weighted by Gasteiger charge is 1.83. The zero-order valence-electron chi connectivity index (χ0n) is 4.10. The second kappa shape index (κ2) is 3.27. The topological polar surface area (TPSA) is 37.3 Å². The second-order valence-electron chi connectivity index (χ2n) is 1.12. The molecule has 0 aromatic rings. The van der Waals surface area contributed by atoms with Crippen LogP contribution in [0.2, 0.25) is 0 Å². The first-order chi connectivity index (χ1) is 3.63. The van der Waals surface area contributed by atoms with Crippen molar-refractivity contribution in [3.05, 3.63) is 23.8 Å². The molecule has 44 valence electrons. The van der Waals surface area contributed by atoms with E-state index in [2.05, 4.69) is 6.58 Å². The number of hydrogen-bond acceptors (Lipinski definition) is 1. The molecule has 0 aliphatic heterocycles. The quantitative estimate of drug-likeness (QED) is 0.455. The van der Waals surface area contributed by atoms with Crippen molar-refractivity contribution in [1.29, 1.82) is 0 Å². The molecule has 0 radical (unpaired) electrons. The van der Waals surface area contributed by atoms with Crippen LogP contribution in [-0.2, 0) is 4.79 Å². The predicted molar refractivity (Wildman–Crippen MR) is 31.8 cm³/mol. The molecule has 0 heterocycles. The van der Waals surface area contributed by atoms with Crippen molar-refractivity contribution in [3.8, 4) is 0 Å². The zero-order valence-corrected chi connectivity index (χ0v) is 4.85. The smallest absolute Gasteiger partial charge is 0.328 e. The minimum absolute atomic E-state index is 0.215. The molecule has 0 rings (SSSR count). The van der Waals surface area contributed by atoms with Crippen LogP contribution in [0.15, 0.2) is 23.8 Å². The van der Waals surface area contributed by atoms with Gasteiger partial charge < -0.3 is 5.11 Å². The Hall–Kier alpha value is -0.760. The Kier molecular flexibility index (Phi) is 2.96. The summed E-state index contributed by atoms with van der Waals surface area (Å²) in [4.78, 5) is 9.72. The van der Waals surface area contributed by atoms with Crippen molar-refractivity contribution >= 4 is 17.6 Å². The number of halogens is 1. The zero-order chi connectivity index (χ0) is 6.57. The van der Waals surface area contributed by atoms with Crippen molar-refractivity contribution in [3.63, 3.8) is 0 Å². The maximum Gasteiger partial charge on any atom is 0.328 e. The van der Waals surface area contributed by atoms with E-state index in [1.54, 1.807) is 0 Å². The van der Waals surface area contributed by atoms with Gasteiger partial charge in [0.1, 0.15) is 0 Å². The normalized spacial score (nSPS) is 9.62.